The molecular formula is C24H28BrF2N5O. The van der Waals surface area contributed by atoms with E-state index in [1.807, 2.05) is 21.8 Å². The van der Waals surface area contributed by atoms with Crippen molar-refractivity contribution in [3.8, 4) is 0 Å². The van der Waals surface area contributed by atoms with Gasteiger partial charge in [-0.3, -0.25) is 4.90 Å². The van der Waals surface area contributed by atoms with Gasteiger partial charge in [-0.15, -0.1) is 0 Å². The van der Waals surface area contributed by atoms with E-state index in [1.54, 1.807) is 18.3 Å². The largest absolute Gasteiger partial charge is 0.367 e. The molecule has 0 aliphatic carbocycles. The van der Waals surface area contributed by atoms with Crippen molar-refractivity contribution in [3.63, 3.8) is 0 Å². The summed E-state index contributed by atoms with van der Waals surface area (Å²) >= 11 is 3.30. The van der Waals surface area contributed by atoms with Gasteiger partial charge in [-0.1, -0.05) is 28.1 Å². The van der Waals surface area contributed by atoms with E-state index in [1.165, 1.54) is 12.1 Å². The number of benzene rings is 1. The highest BCUT2D eigenvalue weighted by atomic mass is 79.9. The maximum absolute atomic E-state index is 14.7. The predicted octanol–water partition coefficient (Wildman–Crippen LogP) is 5.56. The summed E-state index contributed by atoms with van der Waals surface area (Å²) in [5.41, 5.74) is 1.06. The molecule has 5 rings (SSSR count). The Bertz CT molecular complexity index is 1080. The van der Waals surface area contributed by atoms with E-state index in [0.29, 0.717) is 13.1 Å². The summed E-state index contributed by atoms with van der Waals surface area (Å²) in [6.07, 6.45) is 8.38. The number of hydrogen-bond acceptors (Lipinski definition) is 5. The van der Waals surface area contributed by atoms with Crippen LogP contribution >= 0.6 is 15.9 Å². The second kappa shape index (κ2) is 9.64. The Labute approximate surface area is 200 Å². The van der Waals surface area contributed by atoms with Crippen LogP contribution in [0.15, 0.2) is 47.2 Å². The molecule has 0 amide bonds. The molecule has 9 heteroatoms. The molecule has 0 bridgehead atoms. The maximum Gasteiger partial charge on any atom is 0.285 e. The molecule has 6 nitrogen and oxygen atoms in total. The normalized spacial score (nSPS) is 20.9. The van der Waals surface area contributed by atoms with Crippen LogP contribution < -0.4 is 5.32 Å². The van der Waals surface area contributed by atoms with E-state index in [0.717, 1.165) is 59.9 Å². The van der Waals surface area contributed by atoms with Gasteiger partial charge in [0.25, 0.3) is 5.92 Å². The highest BCUT2D eigenvalue weighted by Gasteiger charge is 2.35. The summed E-state index contributed by atoms with van der Waals surface area (Å²) < 4.78 is 38.1. The van der Waals surface area contributed by atoms with Crippen LogP contribution in [0, 0.1) is 0 Å². The molecule has 0 saturated carbocycles. The van der Waals surface area contributed by atoms with Gasteiger partial charge in [-0.2, -0.15) is 13.9 Å². The zero-order valence-corrected chi connectivity index (χ0v) is 20.0. The van der Waals surface area contributed by atoms with Crippen LogP contribution in [-0.2, 0) is 10.7 Å². The minimum absolute atomic E-state index is 0.0258. The predicted molar refractivity (Wildman–Crippen MR) is 127 cm³/mol. The van der Waals surface area contributed by atoms with E-state index in [9.17, 15) is 8.78 Å². The van der Waals surface area contributed by atoms with E-state index in [2.05, 4.69) is 31.3 Å². The van der Waals surface area contributed by atoms with Gasteiger partial charge in [-0.05, 0) is 50.3 Å². The molecule has 2 fully saturated rings. The minimum atomic E-state index is -2.87. The summed E-state index contributed by atoms with van der Waals surface area (Å²) in [7, 11) is 0. The molecular weight excluding hydrogens is 492 g/mol. The molecule has 0 radical (unpaired) electrons. The molecule has 33 heavy (non-hydrogen) atoms. The van der Waals surface area contributed by atoms with Crippen molar-refractivity contribution in [1.82, 2.24) is 19.7 Å². The Morgan fingerprint density at radius 2 is 1.88 bits per heavy atom. The van der Waals surface area contributed by atoms with E-state index in [-0.39, 0.29) is 24.4 Å². The minimum Gasteiger partial charge on any atom is -0.367 e. The number of fused-ring (bicyclic) bond motifs is 1. The second-order valence-corrected chi connectivity index (χ2v) is 9.82. The first-order valence-corrected chi connectivity index (χ1v) is 12.4. The van der Waals surface area contributed by atoms with Crippen LogP contribution in [0.2, 0.25) is 0 Å². The van der Waals surface area contributed by atoms with Gasteiger partial charge in [0.05, 0.1) is 23.6 Å². The number of nitrogens with one attached hydrogen (secondary N) is 1. The topological polar surface area (TPSA) is 55.2 Å². The Morgan fingerprint density at radius 1 is 1.09 bits per heavy atom. The smallest absolute Gasteiger partial charge is 0.285 e. The van der Waals surface area contributed by atoms with Gasteiger partial charge in [0.1, 0.15) is 5.82 Å². The molecule has 3 aromatic rings. The summed E-state index contributed by atoms with van der Waals surface area (Å²) in [6.45, 7) is 1.74. The molecule has 1 N–H and O–H groups in total. The number of aromatic nitrogens is 3. The number of piperidine rings is 1. The fourth-order valence-corrected chi connectivity index (χ4v) is 4.99. The number of rotatable bonds is 6. The molecule has 176 valence electrons. The lowest BCUT2D eigenvalue weighted by atomic mass is 10.0. The van der Waals surface area contributed by atoms with Gasteiger partial charge < -0.3 is 10.1 Å². The number of ether oxygens (including phenoxy) is 1. The average Bonchev–Trinajstić information content (AvgIpc) is 3.26. The van der Waals surface area contributed by atoms with E-state index < -0.39 is 5.92 Å². The van der Waals surface area contributed by atoms with Crippen molar-refractivity contribution in [2.24, 2.45) is 0 Å². The Hall–Kier alpha value is -2.10. The summed E-state index contributed by atoms with van der Waals surface area (Å²) in [6, 6.07) is 8.46. The molecule has 4 heterocycles. The molecule has 1 aromatic carbocycles. The Kier molecular flexibility index (Phi) is 6.62. The number of alkyl halides is 2. The van der Waals surface area contributed by atoms with Gasteiger partial charge in [0, 0.05) is 42.0 Å². The van der Waals surface area contributed by atoms with Crippen LogP contribution in [-0.4, -0.2) is 51.9 Å². The number of hydrogen-bond donors (Lipinski definition) is 1. The quantitative estimate of drug-likeness (QED) is 0.461. The average molecular weight is 520 g/mol. The number of nitrogens with zero attached hydrogens (tertiary/aromatic N) is 4. The Morgan fingerprint density at radius 3 is 2.61 bits per heavy atom. The first-order valence-electron chi connectivity index (χ1n) is 11.6. The zero-order valence-electron chi connectivity index (χ0n) is 18.4. The lowest BCUT2D eigenvalue weighted by molar-refractivity contribution is -0.0421. The van der Waals surface area contributed by atoms with Crippen molar-refractivity contribution in [2.45, 2.75) is 50.3 Å². The number of pyridine rings is 1. The SMILES string of the molecule is FC(F)(CN1CCC(Nc2nccc3c2cnn3C2CCCCO2)CC1)c1ccc(Br)cc1. The molecule has 2 aromatic heterocycles. The van der Waals surface area contributed by atoms with Gasteiger partial charge in [0.15, 0.2) is 6.23 Å². The Balaban J connectivity index is 1.21. The number of likely N-dealkylation sites (tertiary alicyclic amines) is 1. The van der Waals surface area contributed by atoms with Crippen LogP contribution in [0.1, 0.15) is 43.9 Å². The molecule has 1 unspecified atom stereocenters. The second-order valence-electron chi connectivity index (χ2n) is 8.91. The number of anilines is 1. The number of halogens is 3. The van der Waals surface area contributed by atoms with Crippen molar-refractivity contribution in [3.05, 3.63) is 52.8 Å². The lowest BCUT2D eigenvalue weighted by Gasteiger charge is -2.34. The summed E-state index contributed by atoms with van der Waals surface area (Å²) in [4.78, 5) is 6.40. The summed E-state index contributed by atoms with van der Waals surface area (Å²) in [5.74, 6) is -2.07. The van der Waals surface area contributed by atoms with E-state index >= 15 is 0 Å². The first-order chi connectivity index (χ1) is 16.0. The van der Waals surface area contributed by atoms with Crippen molar-refractivity contribution >= 4 is 32.7 Å². The van der Waals surface area contributed by atoms with Crippen LogP contribution in [0.25, 0.3) is 10.9 Å². The van der Waals surface area contributed by atoms with E-state index in [4.69, 9.17) is 4.74 Å². The lowest BCUT2D eigenvalue weighted by Crippen LogP contribution is -2.43. The van der Waals surface area contributed by atoms with Gasteiger partial charge >= 0.3 is 0 Å². The fourth-order valence-electron chi connectivity index (χ4n) is 4.73. The van der Waals surface area contributed by atoms with Gasteiger partial charge in [0.2, 0.25) is 0 Å². The molecule has 2 aliphatic heterocycles. The third-order valence-electron chi connectivity index (χ3n) is 6.57. The highest BCUT2D eigenvalue weighted by molar-refractivity contribution is 9.10. The van der Waals surface area contributed by atoms with Crippen molar-refractivity contribution < 1.29 is 13.5 Å². The molecule has 0 spiro atoms. The van der Waals surface area contributed by atoms with Crippen LogP contribution in [0.4, 0.5) is 14.6 Å². The van der Waals surface area contributed by atoms with Crippen LogP contribution in [0.5, 0.6) is 0 Å². The third-order valence-corrected chi connectivity index (χ3v) is 7.10. The molecule has 2 saturated heterocycles. The highest BCUT2D eigenvalue weighted by Crippen LogP contribution is 2.32. The first kappa shape index (κ1) is 22.7. The molecule has 1 atom stereocenters. The van der Waals surface area contributed by atoms with Gasteiger partial charge in [-0.25, -0.2) is 9.67 Å². The zero-order chi connectivity index (χ0) is 22.8. The summed E-state index contributed by atoms with van der Waals surface area (Å²) in [5, 5.41) is 9.08. The maximum atomic E-state index is 14.7. The fraction of sp³-hybridized carbons (Fsp3) is 0.500. The molecule has 2 aliphatic rings. The van der Waals surface area contributed by atoms with Crippen LogP contribution in [0.3, 0.4) is 0 Å². The third kappa shape index (κ3) is 5.05. The standard InChI is InChI=1S/C24H28BrF2N5O/c25-18-6-4-17(5-7-18)24(26,27)16-31-12-9-19(10-13-31)30-23-20-15-29-32(21(20)8-11-28-23)22-3-1-2-14-33-22/h4-8,11,15,19,22H,1-3,9-10,12-14,16H2,(H,28,30). The van der Waals surface area contributed by atoms with Crippen molar-refractivity contribution in [2.75, 3.05) is 31.6 Å². The van der Waals surface area contributed by atoms with Crippen molar-refractivity contribution in [1.29, 1.82) is 0 Å². The monoisotopic (exact) mass is 519 g/mol.